The van der Waals surface area contributed by atoms with Crippen molar-refractivity contribution in [2.75, 3.05) is 42.9 Å². The summed E-state index contributed by atoms with van der Waals surface area (Å²) in [4.78, 5) is 43.8. The molecule has 0 aromatic heterocycles. The zero-order chi connectivity index (χ0) is 22.5. The topological polar surface area (TPSA) is 73.0 Å². The molecule has 7 nitrogen and oxygen atoms in total. The van der Waals surface area contributed by atoms with Gasteiger partial charge >= 0.3 is 0 Å². The number of likely N-dealkylation sites (N-methyl/N-ethyl adjacent to an activating group) is 1. The van der Waals surface area contributed by atoms with E-state index < -0.39 is 0 Å². The summed E-state index contributed by atoms with van der Waals surface area (Å²) in [5.41, 5.74) is 1.80. The van der Waals surface area contributed by atoms with Gasteiger partial charge in [-0.3, -0.25) is 19.3 Å². The lowest BCUT2D eigenvalue weighted by molar-refractivity contribution is -0.133. The molecular weight excluding hydrogens is 416 g/mol. The average Bonchev–Trinajstić information content (AvgIpc) is 2.87. The van der Waals surface area contributed by atoms with Crippen molar-refractivity contribution >= 4 is 46.4 Å². The van der Waals surface area contributed by atoms with Crippen LogP contribution >= 0.6 is 11.6 Å². The second-order valence-corrected chi connectivity index (χ2v) is 7.77. The highest BCUT2D eigenvalue weighted by Crippen LogP contribution is 2.39. The molecule has 0 aliphatic carbocycles. The SMILES string of the molecule is CCN(CC)CCN(CC(=O)N1c2ccc(Cl)cc2NC(=O)c2ccccc21)C(C)=O. The fourth-order valence-electron chi connectivity index (χ4n) is 3.64. The number of carbonyl (C=O) groups is 3. The van der Waals surface area contributed by atoms with Crippen LogP contribution in [0.15, 0.2) is 42.5 Å². The van der Waals surface area contributed by atoms with Crippen LogP contribution in [-0.4, -0.2) is 60.2 Å². The molecule has 2 aromatic carbocycles. The second-order valence-electron chi connectivity index (χ2n) is 7.33. The highest BCUT2D eigenvalue weighted by molar-refractivity contribution is 6.31. The fourth-order valence-corrected chi connectivity index (χ4v) is 3.81. The molecule has 8 heteroatoms. The Morgan fingerprint density at radius 1 is 1.03 bits per heavy atom. The first-order valence-corrected chi connectivity index (χ1v) is 10.7. The lowest BCUT2D eigenvalue weighted by Gasteiger charge is -2.29. The first kappa shape index (κ1) is 22.8. The second kappa shape index (κ2) is 9.94. The van der Waals surface area contributed by atoms with Crippen LogP contribution in [0.1, 0.15) is 31.1 Å². The van der Waals surface area contributed by atoms with Gasteiger partial charge in [0.1, 0.15) is 6.54 Å². The minimum Gasteiger partial charge on any atom is -0.332 e. The molecule has 31 heavy (non-hydrogen) atoms. The van der Waals surface area contributed by atoms with Crippen LogP contribution in [0.5, 0.6) is 0 Å². The van der Waals surface area contributed by atoms with Crippen LogP contribution in [0.2, 0.25) is 5.02 Å². The van der Waals surface area contributed by atoms with E-state index in [1.54, 1.807) is 47.4 Å². The third-order valence-corrected chi connectivity index (χ3v) is 5.67. The van der Waals surface area contributed by atoms with E-state index in [9.17, 15) is 14.4 Å². The number of benzene rings is 2. The summed E-state index contributed by atoms with van der Waals surface area (Å²) in [6.07, 6.45) is 0. The molecule has 0 saturated carbocycles. The van der Waals surface area contributed by atoms with E-state index in [2.05, 4.69) is 24.1 Å². The maximum atomic E-state index is 13.5. The molecule has 1 N–H and O–H groups in total. The van der Waals surface area contributed by atoms with Crippen molar-refractivity contribution in [2.24, 2.45) is 0 Å². The van der Waals surface area contributed by atoms with Crippen molar-refractivity contribution in [3.05, 3.63) is 53.1 Å². The summed E-state index contributed by atoms with van der Waals surface area (Å²) in [6.45, 7) is 8.37. The van der Waals surface area contributed by atoms with Gasteiger partial charge in [-0.15, -0.1) is 0 Å². The van der Waals surface area contributed by atoms with E-state index in [1.807, 2.05) is 0 Å². The molecule has 0 fully saturated rings. The van der Waals surface area contributed by atoms with Crippen LogP contribution in [0.4, 0.5) is 17.1 Å². The lowest BCUT2D eigenvalue weighted by atomic mass is 10.1. The molecule has 0 radical (unpaired) electrons. The van der Waals surface area contributed by atoms with Crippen LogP contribution < -0.4 is 10.2 Å². The number of nitrogens with zero attached hydrogens (tertiary/aromatic N) is 3. The highest BCUT2D eigenvalue weighted by Gasteiger charge is 2.30. The van der Waals surface area contributed by atoms with Crippen LogP contribution in [0.3, 0.4) is 0 Å². The van der Waals surface area contributed by atoms with E-state index in [0.29, 0.717) is 40.7 Å². The number of hydrogen-bond acceptors (Lipinski definition) is 4. The Balaban J connectivity index is 1.96. The summed E-state index contributed by atoms with van der Waals surface area (Å²) in [7, 11) is 0. The van der Waals surface area contributed by atoms with Crippen LogP contribution in [0, 0.1) is 0 Å². The van der Waals surface area contributed by atoms with Gasteiger partial charge in [0, 0.05) is 25.0 Å². The summed E-state index contributed by atoms with van der Waals surface area (Å²) < 4.78 is 0. The van der Waals surface area contributed by atoms with Gasteiger partial charge in [-0.05, 0) is 43.4 Å². The molecule has 3 rings (SSSR count). The first-order chi connectivity index (χ1) is 14.8. The molecule has 1 aliphatic rings. The number of rotatable bonds is 7. The van der Waals surface area contributed by atoms with Crippen molar-refractivity contribution in [3.63, 3.8) is 0 Å². The van der Waals surface area contributed by atoms with Crippen molar-refractivity contribution < 1.29 is 14.4 Å². The normalized spacial score (nSPS) is 12.7. The molecular formula is C23H27ClN4O3. The standard InChI is InChI=1S/C23H27ClN4O3/c1-4-26(5-2)12-13-27(16(3)29)15-22(30)28-20-9-7-6-8-18(20)23(31)25-19-14-17(24)10-11-21(19)28/h6-11,14H,4-5,12-13,15H2,1-3H3,(H,25,31). The van der Waals surface area contributed by atoms with Gasteiger partial charge in [-0.25, -0.2) is 0 Å². The smallest absolute Gasteiger partial charge is 0.257 e. The maximum Gasteiger partial charge on any atom is 0.257 e. The Morgan fingerprint density at radius 3 is 2.42 bits per heavy atom. The molecule has 2 aromatic rings. The third kappa shape index (κ3) is 5.06. The number of halogens is 1. The predicted octanol–water partition coefficient (Wildman–Crippen LogP) is 3.76. The maximum absolute atomic E-state index is 13.5. The van der Waals surface area contributed by atoms with Gasteiger partial charge < -0.3 is 15.1 Å². The zero-order valence-corrected chi connectivity index (χ0v) is 18.8. The Morgan fingerprint density at radius 2 is 1.74 bits per heavy atom. The van der Waals surface area contributed by atoms with Gasteiger partial charge in [0.25, 0.3) is 11.8 Å². The van der Waals surface area contributed by atoms with E-state index >= 15 is 0 Å². The van der Waals surface area contributed by atoms with E-state index in [1.165, 1.54) is 11.8 Å². The minimum atomic E-state index is -0.320. The minimum absolute atomic E-state index is 0.0960. The van der Waals surface area contributed by atoms with Gasteiger partial charge in [0.05, 0.1) is 22.6 Å². The van der Waals surface area contributed by atoms with Gasteiger partial charge in [0.15, 0.2) is 0 Å². The number of nitrogens with one attached hydrogen (secondary N) is 1. The third-order valence-electron chi connectivity index (χ3n) is 5.44. The molecule has 1 aliphatic heterocycles. The number of amides is 3. The predicted molar refractivity (Wildman–Crippen MR) is 123 cm³/mol. The van der Waals surface area contributed by atoms with E-state index in [-0.39, 0.29) is 24.3 Å². The Labute approximate surface area is 187 Å². The number of fused-ring (bicyclic) bond motifs is 2. The van der Waals surface area contributed by atoms with Crippen molar-refractivity contribution in [3.8, 4) is 0 Å². The molecule has 1 heterocycles. The van der Waals surface area contributed by atoms with E-state index in [0.717, 1.165) is 13.1 Å². The van der Waals surface area contributed by atoms with Gasteiger partial charge in [-0.2, -0.15) is 0 Å². The fraction of sp³-hybridized carbons (Fsp3) is 0.348. The quantitative estimate of drug-likeness (QED) is 0.708. The summed E-state index contributed by atoms with van der Waals surface area (Å²) in [5, 5.41) is 3.28. The number of para-hydroxylation sites is 1. The van der Waals surface area contributed by atoms with Crippen molar-refractivity contribution in [1.82, 2.24) is 9.80 Å². The van der Waals surface area contributed by atoms with Gasteiger partial charge in [-0.1, -0.05) is 37.6 Å². The molecule has 0 saturated heterocycles. The molecule has 0 spiro atoms. The monoisotopic (exact) mass is 442 g/mol. The number of anilines is 3. The molecule has 0 bridgehead atoms. The van der Waals surface area contributed by atoms with Crippen LogP contribution in [-0.2, 0) is 9.59 Å². The Bertz CT molecular complexity index is 991. The largest absolute Gasteiger partial charge is 0.332 e. The van der Waals surface area contributed by atoms with Gasteiger partial charge in [0.2, 0.25) is 5.91 Å². The average molecular weight is 443 g/mol. The lowest BCUT2D eigenvalue weighted by Crippen LogP contribution is -2.44. The molecule has 0 atom stereocenters. The van der Waals surface area contributed by atoms with E-state index in [4.69, 9.17) is 11.6 Å². The summed E-state index contributed by atoms with van der Waals surface area (Å²) in [5.74, 6) is -0.796. The summed E-state index contributed by atoms with van der Waals surface area (Å²) in [6, 6.07) is 11.9. The first-order valence-electron chi connectivity index (χ1n) is 10.4. The van der Waals surface area contributed by atoms with Crippen LogP contribution in [0.25, 0.3) is 0 Å². The highest BCUT2D eigenvalue weighted by atomic mass is 35.5. The molecule has 3 amide bonds. The summed E-state index contributed by atoms with van der Waals surface area (Å²) >= 11 is 6.13. The number of hydrogen-bond donors (Lipinski definition) is 1. The Kier molecular flexibility index (Phi) is 7.30. The van der Waals surface area contributed by atoms with Crippen molar-refractivity contribution in [1.29, 1.82) is 0 Å². The zero-order valence-electron chi connectivity index (χ0n) is 18.0. The van der Waals surface area contributed by atoms with Crippen molar-refractivity contribution in [2.45, 2.75) is 20.8 Å². The Hall–Kier alpha value is -2.90. The number of carbonyl (C=O) groups excluding carboxylic acids is 3. The molecule has 0 unspecified atom stereocenters. The molecule has 164 valence electrons.